The van der Waals surface area contributed by atoms with E-state index in [1.54, 1.807) is 18.2 Å². The molecule has 3 aromatic rings. The van der Waals surface area contributed by atoms with Crippen LogP contribution >= 0.6 is 0 Å². The molecule has 2 aromatic carbocycles. The standard InChI is InChI=1S/C38H50N6O5/c1-38(2,3)43-37(49)32-20-26-14-7-8-15-27(26)22-44(32)23-33(45)30(19-24-11-5-4-6-12-24)41-36(48)31(21-34(39)46)42-35(47)29-18-17-25-13-9-10-16-28(25)40-29/h4-6,9-13,16-18,26-27,30-33,45H,7-8,14-15,19-23H2,1-3H3,(H2,39,46)(H,41,48)(H,42,47)(H,43,49)/t26-,27-,30+,31+,32-,33-/m1/s1. The fourth-order valence-electron chi connectivity index (χ4n) is 7.26. The van der Waals surface area contributed by atoms with E-state index in [0.29, 0.717) is 23.9 Å². The lowest BCUT2D eigenvalue weighted by atomic mass is 9.72. The minimum atomic E-state index is -1.30. The van der Waals surface area contributed by atoms with Gasteiger partial charge in [-0.3, -0.25) is 24.1 Å². The molecule has 11 nitrogen and oxygen atoms in total. The van der Waals surface area contributed by atoms with Crippen molar-refractivity contribution >= 4 is 34.5 Å². The summed E-state index contributed by atoms with van der Waals surface area (Å²) in [6.45, 7) is 6.73. The Labute approximate surface area is 288 Å². The monoisotopic (exact) mass is 670 g/mol. The van der Waals surface area contributed by atoms with Crippen LogP contribution in [-0.4, -0.2) is 81.5 Å². The first-order chi connectivity index (χ1) is 23.4. The topological polar surface area (TPSA) is 167 Å². The number of carbonyl (C=O) groups excluding carboxylic acids is 4. The Bertz CT molecular complexity index is 1630. The number of primary amides is 1. The average Bonchev–Trinajstić information content (AvgIpc) is 3.06. The summed E-state index contributed by atoms with van der Waals surface area (Å²) in [4.78, 5) is 59.3. The summed E-state index contributed by atoms with van der Waals surface area (Å²) in [5, 5.41) is 21.4. The number of aliphatic hydroxyl groups excluding tert-OH is 1. The van der Waals surface area contributed by atoms with E-state index in [4.69, 9.17) is 5.73 Å². The molecule has 6 N–H and O–H groups in total. The highest BCUT2D eigenvalue weighted by Crippen LogP contribution is 2.39. The zero-order valence-electron chi connectivity index (χ0n) is 28.7. The van der Waals surface area contributed by atoms with Gasteiger partial charge in [0.2, 0.25) is 17.7 Å². The summed E-state index contributed by atoms with van der Waals surface area (Å²) in [6, 6.07) is 17.6. The van der Waals surface area contributed by atoms with Crippen molar-refractivity contribution in [3.8, 4) is 0 Å². The number of carbonyl (C=O) groups is 4. The maximum Gasteiger partial charge on any atom is 0.270 e. The SMILES string of the molecule is CC(C)(C)NC(=O)[C@H]1C[C@H]2CCCC[C@@H]2CN1C[C@@H](O)[C@H](Cc1ccccc1)NC(=O)[C@H](CC(N)=O)NC(=O)c1ccc2ccccc2n1. The normalized spacial score (nSPS) is 21.5. The number of likely N-dealkylation sites (tertiary alicyclic amines) is 1. The molecule has 11 heteroatoms. The number of rotatable bonds is 12. The molecular weight excluding hydrogens is 620 g/mol. The highest BCUT2D eigenvalue weighted by molar-refractivity contribution is 5.99. The number of amides is 4. The molecule has 2 fully saturated rings. The smallest absolute Gasteiger partial charge is 0.270 e. The van der Waals surface area contributed by atoms with Crippen molar-refractivity contribution < 1.29 is 24.3 Å². The van der Waals surface area contributed by atoms with Gasteiger partial charge in [0.05, 0.1) is 30.1 Å². The number of piperidine rings is 1. The van der Waals surface area contributed by atoms with Crippen molar-refractivity contribution in [3.05, 3.63) is 78.0 Å². The Balaban J connectivity index is 1.35. The van der Waals surface area contributed by atoms with E-state index in [-0.39, 0.29) is 24.6 Å². The minimum absolute atomic E-state index is 0.0566. The largest absolute Gasteiger partial charge is 0.390 e. The summed E-state index contributed by atoms with van der Waals surface area (Å²) in [7, 11) is 0. The van der Waals surface area contributed by atoms with Gasteiger partial charge in [0.1, 0.15) is 11.7 Å². The first kappa shape index (κ1) is 35.9. The van der Waals surface area contributed by atoms with Crippen LogP contribution in [0, 0.1) is 11.8 Å². The molecule has 0 bridgehead atoms. The van der Waals surface area contributed by atoms with Crippen LogP contribution in [0.4, 0.5) is 0 Å². The predicted molar refractivity (Wildman–Crippen MR) is 188 cm³/mol. The third-order valence-corrected chi connectivity index (χ3v) is 9.67. The highest BCUT2D eigenvalue weighted by atomic mass is 16.3. The van der Waals surface area contributed by atoms with E-state index in [1.807, 2.05) is 69.3 Å². The summed E-state index contributed by atoms with van der Waals surface area (Å²) in [5.41, 5.74) is 6.70. The number of para-hydroxylation sites is 1. The molecule has 1 aromatic heterocycles. The number of nitrogens with one attached hydrogen (secondary N) is 3. The van der Waals surface area contributed by atoms with Crippen LogP contribution in [0.1, 0.15) is 75.3 Å². The number of nitrogens with zero attached hydrogens (tertiary/aromatic N) is 2. The highest BCUT2D eigenvalue weighted by Gasteiger charge is 2.42. The molecule has 1 aliphatic carbocycles. The van der Waals surface area contributed by atoms with Crippen LogP contribution in [0.2, 0.25) is 0 Å². The Morgan fingerprint density at radius 3 is 2.35 bits per heavy atom. The Hall–Kier alpha value is -4.35. The average molecular weight is 671 g/mol. The van der Waals surface area contributed by atoms with Gasteiger partial charge in [-0.15, -0.1) is 0 Å². The molecule has 1 saturated heterocycles. The molecule has 0 unspecified atom stereocenters. The Morgan fingerprint density at radius 2 is 1.63 bits per heavy atom. The van der Waals surface area contributed by atoms with E-state index in [9.17, 15) is 24.3 Å². The lowest BCUT2D eigenvalue weighted by Crippen LogP contribution is -2.61. The summed E-state index contributed by atoms with van der Waals surface area (Å²) in [6.07, 6.45) is 4.03. The lowest BCUT2D eigenvalue weighted by molar-refractivity contribution is -0.133. The molecule has 6 atom stereocenters. The van der Waals surface area contributed by atoms with Crippen molar-refractivity contribution in [2.24, 2.45) is 17.6 Å². The van der Waals surface area contributed by atoms with Crippen molar-refractivity contribution in [3.63, 3.8) is 0 Å². The molecule has 1 saturated carbocycles. The molecule has 1 aliphatic heterocycles. The summed E-state index contributed by atoms with van der Waals surface area (Å²) < 4.78 is 0. The fourth-order valence-corrected chi connectivity index (χ4v) is 7.26. The zero-order valence-corrected chi connectivity index (χ0v) is 28.7. The van der Waals surface area contributed by atoms with Crippen molar-refractivity contribution in [2.75, 3.05) is 13.1 Å². The van der Waals surface area contributed by atoms with E-state index in [2.05, 4.69) is 25.8 Å². The van der Waals surface area contributed by atoms with Gasteiger partial charge in [-0.25, -0.2) is 4.98 Å². The first-order valence-electron chi connectivity index (χ1n) is 17.4. The van der Waals surface area contributed by atoms with Crippen LogP contribution in [0.5, 0.6) is 0 Å². The minimum Gasteiger partial charge on any atom is -0.390 e. The van der Waals surface area contributed by atoms with E-state index in [0.717, 1.165) is 36.6 Å². The second kappa shape index (κ2) is 15.9. The van der Waals surface area contributed by atoms with Crippen LogP contribution < -0.4 is 21.7 Å². The van der Waals surface area contributed by atoms with Crippen molar-refractivity contribution in [2.45, 2.75) is 95.5 Å². The van der Waals surface area contributed by atoms with Crippen LogP contribution in [0.25, 0.3) is 10.9 Å². The van der Waals surface area contributed by atoms with Gasteiger partial charge >= 0.3 is 0 Å². The van der Waals surface area contributed by atoms with E-state index in [1.165, 1.54) is 6.42 Å². The van der Waals surface area contributed by atoms with Gasteiger partial charge in [-0.2, -0.15) is 0 Å². The lowest BCUT2D eigenvalue weighted by Gasteiger charge is -2.47. The third-order valence-electron chi connectivity index (χ3n) is 9.67. The maximum atomic E-state index is 13.8. The van der Waals surface area contributed by atoms with Gasteiger partial charge in [0.25, 0.3) is 5.91 Å². The molecule has 0 spiro atoms. The number of benzene rings is 2. The first-order valence-corrected chi connectivity index (χ1v) is 17.4. The maximum absolute atomic E-state index is 13.8. The van der Waals surface area contributed by atoms with Gasteiger partial charge in [-0.05, 0) is 69.6 Å². The zero-order chi connectivity index (χ0) is 35.1. The molecule has 5 rings (SSSR count). The van der Waals surface area contributed by atoms with Gasteiger partial charge in [-0.1, -0.05) is 73.9 Å². The molecule has 262 valence electrons. The number of nitrogens with two attached hydrogens (primary N) is 1. The molecule has 4 amide bonds. The number of fused-ring (bicyclic) bond motifs is 2. The van der Waals surface area contributed by atoms with E-state index >= 15 is 0 Å². The number of pyridine rings is 1. The molecule has 2 heterocycles. The van der Waals surface area contributed by atoms with E-state index < -0.39 is 53.9 Å². The van der Waals surface area contributed by atoms with Crippen LogP contribution in [0.15, 0.2) is 66.7 Å². The second-order valence-corrected chi connectivity index (χ2v) is 14.7. The van der Waals surface area contributed by atoms with Crippen LogP contribution in [0.3, 0.4) is 0 Å². The fraction of sp³-hybridized carbons (Fsp3) is 0.500. The quantitative estimate of drug-likeness (QED) is 0.198. The van der Waals surface area contributed by atoms with Crippen molar-refractivity contribution in [1.82, 2.24) is 25.8 Å². The van der Waals surface area contributed by atoms with Crippen LogP contribution in [-0.2, 0) is 20.8 Å². The molecule has 49 heavy (non-hydrogen) atoms. The second-order valence-electron chi connectivity index (χ2n) is 14.7. The summed E-state index contributed by atoms with van der Waals surface area (Å²) >= 11 is 0. The molecular formula is C38H50N6O5. The molecule has 2 aliphatic rings. The number of β-amino-alcohol motifs (C(OH)–C–C–N with tert-alkyl or cyclic N) is 1. The van der Waals surface area contributed by atoms with Gasteiger partial charge in [0, 0.05) is 24.0 Å². The Kier molecular flexibility index (Phi) is 11.7. The number of hydrogen-bond donors (Lipinski definition) is 5. The number of aromatic nitrogens is 1. The number of hydrogen-bond acceptors (Lipinski definition) is 7. The number of aliphatic hydroxyl groups is 1. The van der Waals surface area contributed by atoms with Gasteiger partial charge < -0.3 is 26.8 Å². The Morgan fingerprint density at radius 1 is 0.939 bits per heavy atom. The van der Waals surface area contributed by atoms with Gasteiger partial charge in [0.15, 0.2) is 0 Å². The van der Waals surface area contributed by atoms with Crippen molar-refractivity contribution in [1.29, 1.82) is 0 Å². The molecule has 0 radical (unpaired) electrons. The summed E-state index contributed by atoms with van der Waals surface area (Å²) in [5.74, 6) is -1.20. The predicted octanol–water partition coefficient (Wildman–Crippen LogP) is 3.09. The third kappa shape index (κ3) is 9.86.